The molecule has 9 heteroatoms. The zero-order chi connectivity index (χ0) is 19.8. The van der Waals surface area contributed by atoms with Gasteiger partial charge in [0.2, 0.25) is 11.8 Å². The molecule has 146 valence electrons. The summed E-state index contributed by atoms with van der Waals surface area (Å²) < 4.78 is 6.73. The molecule has 0 saturated heterocycles. The minimum atomic E-state index is -0.291. The molecule has 0 bridgehead atoms. The molecule has 2 amide bonds. The van der Waals surface area contributed by atoms with Crippen LogP contribution in [0.2, 0.25) is 0 Å². The van der Waals surface area contributed by atoms with Crippen molar-refractivity contribution in [2.75, 3.05) is 24.2 Å². The second-order valence-electron chi connectivity index (χ2n) is 6.27. The number of nitrogens with one attached hydrogen (secondary N) is 2. The number of amides is 2. The number of esters is 1. The number of anilines is 1. The van der Waals surface area contributed by atoms with Gasteiger partial charge < -0.3 is 15.4 Å². The number of nitrogens with zero attached hydrogens (tertiary/aromatic N) is 1. The van der Waals surface area contributed by atoms with Gasteiger partial charge >= 0.3 is 5.97 Å². The van der Waals surface area contributed by atoms with Crippen LogP contribution in [0, 0.1) is 5.92 Å². The van der Waals surface area contributed by atoms with Crippen LogP contribution in [0.4, 0.5) is 5.69 Å². The minimum Gasteiger partial charge on any atom is -0.465 e. The number of thioether (sulfide) groups is 1. The van der Waals surface area contributed by atoms with E-state index in [1.807, 2.05) is 26.0 Å². The Morgan fingerprint density at radius 3 is 2.74 bits per heavy atom. The molecule has 0 fully saturated rings. The van der Waals surface area contributed by atoms with Crippen LogP contribution in [0.5, 0.6) is 0 Å². The van der Waals surface area contributed by atoms with Crippen molar-refractivity contribution in [3.63, 3.8) is 0 Å². The SMILES string of the molecule is CC(=O)OCCSc1nc2ccc(NC(=O)CNC(=O)CC(C)C)cc2s1. The first kappa shape index (κ1) is 21.2. The maximum Gasteiger partial charge on any atom is 0.302 e. The smallest absolute Gasteiger partial charge is 0.302 e. The average molecular weight is 410 g/mol. The van der Waals surface area contributed by atoms with E-state index in [-0.39, 0.29) is 30.2 Å². The molecule has 1 aromatic heterocycles. The zero-order valence-electron chi connectivity index (χ0n) is 15.5. The van der Waals surface area contributed by atoms with Crippen LogP contribution >= 0.6 is 23.1 Å². The maximum absolute atomic E-state index is 12.0. The van der Waals surface area contributed by atoms with Crippen molar-refractivity contribution in [3.8, 4) is 0 Å². The molecule has 2 rings (SSSR count). The molecule has 1 heterocycles. The monoisotopic (exact) mass is 409 g/mol. The van der Waals surface area contributed by atoms with Crippen LogP contribution < -0.4 is 10.6 Å². The Balaban J connectivity index is 1.87. The maximum atomic E-state index is 12.0. The van der Waals surface area contributed by atoms with Crippen molar-refractivity contribution in [1.29, 1.82) is 0 Å². The van der Waals surface area contributed by atoms with Gasteiger partial charge in [0, 0.05) is 24.8 Å². The summed E-state index contributed by atoms with van der Waals surface area (Å²) in [6.07, 6.45) is 0.401. The molecule has 2 N–H and O–H groups in total. The third kappa shape index (κ3) is 7.56. The number of hydrogen-bond donors (Lipinski definition) is 2. The molecule has 0 aliphatic heterocycles. The Morgan fingerprint density at radius 2 is 2.04 bits per heavy atom. The molecule has 0 saturated carbocycles. The van der Waals surface area contributed by atoms with E-state index in [2.05, 4.69) is 15.6 Å². The first-order valence-electron chi connectivity index (χ1n) is 8.57. The number of ether oxygens (including phenoxy) is 1. The van der Waals surface area contributed by atoms with Gasteiger partial charge in [-0.1, -0.05) is 25.6 Å². The quantitative estimate of drug-likeness (QED) is 0.375. The van der Waals surface area contributed by atoms with E-state index in [9.17, 15) is 14.4 Å². The largest absolute Gasteiger partial charge is 0.465 e. The highest BCUT2D eigenvalue weighted by atomic mass is 32.2. The Morgan fingerprint density at radius 1 is 1.26 bits per heavy atom. The van der Waals surface area contributed by atoms with Gasteiger partial charge in [-0.2, -0.15) is 0 Å². The van der Waals surface area contributed by atoms with Crippen molar-refractivity contribution < 1.29 is 19.1 Å². The van der Waals surface area contributed by atoms with Gasteiger partial charge in [-0.15, -0.1) is 11.3 Å². The lowest BCUT2D eigenvalue weighted by Gasteiger charge is -2.08. The molecule has 0 spiro atoms. The third-order valence-electron chi connectivity index (χ3n) is 3.31. The number of fused-ring (bicyclic) bond motifs is 1. The number of hydrogen-bond acceptors (Lipinski definition) is 7. The van der Waals surface area contributed by atoms with Crippen molar-refractivity contribution in [3.05, 3.63) is 18.2 Å². The highest BCUT2D eigenvalue weighted by Gasteiger charge is 2.10. The van der Waals surface area contributed by atoms with Gasteiger partial charge in [-0.05, 0) is 24.1 Å². The van der Waals surface area contributed by atoms with Crippen LogP contribution in [-0.4, -0.2) is 41.7 Å². The predicted molar refractivity (Wildman–Crippen MR) is 108 cm³/mol. The summed E-state index contributed by atoms with van der Waals surface area (Å²) in [7, 11) is 0. The van der Waals surface area contributed by atoms with Gasteiger partial charge in [0.25, 0.3) is 0 Å². The van der Waals surface area contributed by atoms with E-state index in [0.29, 0.717) is 24.5 Å². The summed E-state index contributed by atoms with van der Waals surface area (Å²) in [5, 5.41) is 5.39. The van der Waals surface area contributed by atoms with Gasteiger partial charge in [0.1, 0.15) is 6.61 Å². The highest BCUT2D eigenvalue weighted by Crippen LogP contribution is 2.31. The van der Waals surface area contributed by atoms with Gasteiger partial charge in [-0.3, -0.25) is 14.4 Å². The average Bonchev–Trinajstić information content (AvgIpc) is 2.98. The molecule has 27 heavy (non-hydrogen) atoms. The van der Waals surface area contributed by atoms with Crippen molar-refractivity contribution in [2.24, 2.45) is 5.92 Å². The number of carbonyl (C=O) groups excluding carboxylic acids is 3. The second kappa shape index (κ2) is 10.3. The lowest BCUT2D eigenvalue weighted by molar-refractivity contribution is -0.140. The lowest BCUT2D eigenvalue weighted by Crippen LogP contribution is -2.33. The van der Waals surface area contributed by atoms with E-state index in [1.54, 1.807) is 6.07 Å². The van der Waals surface area contributed by atoms with E-state index in [1.165, 1.54) is 30.0 Å². The summed E-state index contributed by atoms with van der Waals surface area (Å²) in [6, 6.07) is 5.48. The molecule has 0 aliphatic rings. The molecule has 1 aromatic carbocycles. The van der Waals surface area contributed by atoms with Gasteiger partial charge in [0.05, 0.1) is 16.8 Å². The molecule has 0 unspecified atom stereocenters. The van der Waals surface area contributed by atoms with Crippen LogP contribution in [0.15, 0.2) is 22.5 Å². The second-order valence-corrected chi connectivity index (χ2v) is 8.65. The lowest BCUT2D eigenvalue weighted by atomic mass is 10.1. The van der Waals surface area contributed by atoms with E-state index >= 15 is 0 Å². The van der Waals surface area contributed by atoms with E-state index in [0.717, 1.165) is 14.6 Å². The molecular formula is C18H23N3O4S2. The van der Waals surface area contributed by atoms with Crippen LogP contribution in [0.1, 0.15) is 27.2 Å². The number of aromatic nitrogens is 1. The van der Waals surface area contributed by atoms with Gasteiger partial charge in [-0.25, -0.2) is 4.98 Å². The number of carbonyl (C=O) groups is 3. The molecule has 7 nitrogen and oxygen atoms in total. The Bertz CT molecular complexity index is 820. The minimum absolute atomic E-state index is 0.0521. The van der Waals surface area contributed by atoms with Crippen molar-refractivity contribution in [2.45, 2.75) is 31.5 Å². The topological polar surface area (TPSA) is 97.4 Å². The summed E-state index contributed by atoms with van der Waals surface area (Å²) in [5.41, 5.74) is 1.50. The van der Waals surface area contributed by atoms with Gasteiger partial charge in [0.15, 0.2) is 4.34 Å². The van der Waals surface area contributed by atoms with E-state index in [4.69, 9.17) is 4.74 Å². The molecule has 0 aliphatic carbocycles. The van der Waals surface area contributed by atoms with Crippen molar-refractivity contribution >= 4 is 56.8 Å². The van der Waals surface area contributed by atoms with Crippen LogP contribution in [-0.2, 0) is 19.1 Å². The molecular weight excluding hydrogens is 386 g/mol. The van der Waals surface area contributed by atoms with Crippen LogP contribution in [0.25, 0.3) is 10.2 Å². The standard InChI is InChI=1S/C18H23N3O4S2/c1-11(2)8-16(23)19-10-17(24)20-13-4-5-14-15(9-13)27-18(21-14)26-7-6-25-12(3)22/h4-5,9,11H,6-8,10H2,1-3H3,(H,19,23)(H,20,24). The fourth-order valence-corrected chi connectivity index (χ4v) is 4.18. The summed E-state index contributed by atoms with van der Waals surface area (Å²) >= 11 is 3.03. The molecule has 0 atom stereocenters. The number of rotatable bonds is 9. The fraction of sp³-hybridized carbons (Fsp3) is 0.444. The number of thiazole rings is 1. The third-order valence-corrected chi connectivity index (χ3v) is 5.43. The summed E-state index contributed by atoms with van der Waals surface area (Å²) in [5.74, 6) is 0.197. The summed E-state index contributed by atoms with van der Waals surface area (Å²) in [4.78, 5) is 38.9. The molecule has 0 radical (unpaired) electrons. The van der Waals surface area contributed by atoms with Crippen molar-refractivity contribution in [1.82, 2.24) is 10.3 Å². The normalized spacial score (nSPS) is 10.8. The first-order chi connectivity index (χ1) is 12.8. The molecule has 2 aromatic rings. The highest BCUT2D eigenvalue weighted by molar-refractivity contribution is 8.01. The summed E-state index contributed by atoms with van der Waals surface area (Å²) in [6.45, 7) is 5.58. The Hall–Kier alpha value is -2.13. The Labute approximate surface area is 166 Å². The Kier molecular flexibility index (Phi) is 8.05. The predicted octanol–water partition coefficient (Wildman–Crippen LogP) is 3.05. The van der Waals surface area contributed by atoms with Crippen LogP contribution in [0.3, 0.4) is 0 Å². The number of benzene rings is 1. The fourth-order valence-electron chi connectivity index (χ4n) is 2.18. The van der Waals surface area contributed by atoms with E-state index < -0.39 is 0 Å². The first-order valence-corrected chi connectivity index (χ1v) is 10.4. The zero-order valence-corrected chi connectivity index (χ0v) is 17.2.